The van der Waals surface area contributed by atoms with E-state index >= 15 is 0 Å². The molecule has 0 nitrogen and oxygen atoms in total. The minimum absolute atomic E-state index is 1.36. The molecular weight excluding hydrogens is 881 g/mol. The van der Waals surface area contributed by atoms with E-state index in [1.807, 2.05) is 22.7 Å². The molecule has 10 heteroatoms. The zero-order chi connectivity index (χ0) is 40.6. The summed E-state index contributed by atoms with van der Waals surface area (Å²) in [5.41, 5.74) is 2.97. The maximum atomic E-state index is 2.66. The van der Waals surface area contributed by atoms with Gasteiger partial charge in [-0.05, 0) is 93.5 Å². The molecule has 0 amide bonds. The van der Waals surface area contributed by atoms with Gasteiger partial charge in [-0.1, -0.05) is 90.7 Å². The van der Waals surface area contributed by atoms with Gasteiger partial charge in [-0.15, -0.1) is 68.0 Å². The van der Waals surface area contributed by atoms with Gasteiger partial charge in [-0.25, -0.2) is 0 Å². The molecule has 58 heavy (non-hydrogen) atoms. The Morgan fingerprint density at radius 3 is 1.34 bits per heavy atom. The van der Waals surface area contributed by atoms with Crippen LogP contribution in [0.1, 0.15) is 0 Å². The van der Waals surface area contributed by atoms with Gasteiger partial charge >= 0.3 is 0 Å². The van der Waals surface area contributed by atoms with Crippen molar-refractivity contribution >= 4 is 202 Å². The van der Waals surface area contributed by atoms with Crippen LogP contribution in [0.5, 0.6) is 0 Å². The fraction of sp³-hybridized carbons (Fsp3) is 0.250. The molecule has 0 saturated carbocycles. The highest BCUT2D eigenvalue weighted by Crippen LogP contribution is 2.58. The summed E-state index contributed by atoms with van der Waals surface area (Å²) < 4.78 is 12.2. The highest BCUT2D eigenvalue weighted by Gasteiger charge is 2.33. The van der Waals surface area contributed by atoms with Crippen LogP contribution in [-0.2, 0) is 0 Å². The van der Waals surface area contributed by atoms with E-state index in [1.54, 1.807) is 18.0 Å². The Bertz CT molecular complexity index is 3270. The predicted octanol–water partition coefficient (Wildman–Crippen LogP) is 16.2. The summed E-state index contributed by atoms with van der Waals surface area (Å²) in [4.78, 5) is 2.89. The Kier molecular flexibility index (Phi) is 8.32. The zero-order valence-electron chi connectivity index (χ0n) is 35.4. The third-order valence-corrected chi connectivity index (χ3v) is 32.8. The average molecular weight is 930 g/mol. The van der Waals surface area contributed by atoms with E-state index in [0.29, 0.717) is 0 Å². The van der Waals surface area contributed by atoms with Gasteiger partial charge in [0.25, 0.3) is 0 Å². The van der Waals surface area contributed by atoms with E-state index in [-0.39, 0.29) is 0 Å². The van der Waals surface area contributed by atoms with Crippen molar-refractivity contribution in [3.8, 4) is 20.9 Å². The molecule has 11 aromatic rings. The highest BCUT2D eigenvalue weighted by atomic mass is 32.1. The van der Waals surface area contributed by atoms with Gasteiger partial charge in [0.2, 0.25) is 0 Å². The Labute approximate surface area is 369 Å². The summed E-state index contributed by atoms with van der Waals surface area (Å²) in [6.45, 7) is 30.3. The first-order valence-corrected chi connectivity index (χ1v) is 39.4. The molecule has 11 rings (SSSR count). The molecule has 0 aliphatic rings. The number of benzene rings is 5. The highest BCUT2D eigenvalue weighted by molar-refractivity contribution is 7.34. The number of thiophene rings is 6. The Morgan fingerprint density at radius 2 is 0.828 bits per heavy atom. The maximum absolute atomic E-state index is 2.66. The Morgan fingerprint density at radius 1 is 0.345 bits per heavy atom. The number of fused-ring (bicyclic) bond motifs is 11. The number of rotatable bonds is 6. The van der Waals surface area contributed by atoms with Gasteiger partial charge < -0.3 is 0 Å². The molecule has 0 radical (unpaired) electrons. The molecule has 6 heterocycles. The van der Waals surface area contributed by atoms with Crippen molar-refractivity contribution in [3.63, 3.8) is 0 Å². The second kappa shape index (κ2) is 12.6. The maximum Gasteiger partial charge on any atom is 0.0904 e. The molecule has 0 bridgehead atoms. The standard InChI is InChI=1S/C48H48S6Si4/c1-55(2,3)34-15-13-31(51-34)42-39-27-21-25-17-19-49-33(25)22-28(27)40-43(32-14-16-35(52-32)56(4,5)6)47-29(23-36(53-47)57(7,8)9)38-26-18-20-50-46(26)41(45(39)44(38)40)30-24-37(54-48(30)42)58(10,11)12/h13-24H,1-12H3. The van der Waals surface area contributed by atoms with Gasteiger partial charge in [0.05, 0.1) is 32.3 Å². The van der Waals surface area contributed by atoms with Gasteiger partial charge in [-0.3, -0.25) is 0 Å². The molecule has 0 spiro atoms. The van der Waals surface area contributed by atoms with E-state index < -0.39 is 32.3 Å². The summed E-state index contributed by atoms with van der Waals surface area (Å²) in [5.74, 6) is 0. The van der Waals surface area contributed by atoms with E-state index in [9.17, 15) is 0 Å². The van der Waals surface area contributed by atoms with Gasteiger partial charge in [0, 0.05) is 88.2 Å². The van der Waals surface area contributed by atoms with Crippen LogP contribution < -0.4 is 18.0 Å². The fourth-order valence-corrected chi connectivity index (χ4v) is 23.2. The van der Waals surface area contributed by atoms with Crippen molar-refractivity contribution in [1.82, 2.24) is 0 Å². The lowest BCUT2D eigenvalue weighted by Crippen LogP contribution is -2.34. The second-order valence-corrected chi connectivity index (χ2v) is 48.3. The van der Waals surface area contributed by atoms with Crippen LogP contribution in [0.3, 0.4) is 0 Å². The summed E-state index contributed by atoms with van der Waals surface area (Å²) in [7, 11) is -6.36. The van der Waals surface area contributed by atoms with Crippen molar-refractivity contribution in [2.45, 2.75) is 78.6 Å². The molecule has 0 unspecified atom stereocenters. The minimum Gasteiger partial charge on any atom is -0.145 e. The van der Waals surface area contributed by atoms with Gasteiger partial charge in [-0.2, -0.15) is 0 Å². The van der Waals surface area contributed by atoms with Crippen molar-refractivity contribution in [3.05, 3.63) is 71.4 Å². The van der Waals surface area contributed by atoms with Crippen LogP contribution >= 0.6 is 68.0 Å². The Balaban J connectivity index is 1.51. The van der Waals surface area contributed by atoms with E-state index in [0.717, 1.165) is 0 Å². The third kappa shape index (κ3) is 5.52. The summed E-state index contributed by atoms with van der Waals surface area (Å²) in [5, 5.41) is 22.2. The molecule has 292 valence electrons. The first-order chi connectivity index (χ1) is 27.3. The van der Waals surface area contributed by atoms with Crippen LogP contribution in [0.25, 0.3) is 104 Å². The lowest BCUT2D eigenvalue weighted by molar-refractivity contribution is 1.78. The zero-order valence-corrected chi connectivity index (χ0v) is 44.3. The van der Waals surface area contributed by atoms with Gasteiger partial charge in [0.1, 0.15) is 0 Å². The molecule has 0 aliphatic carbocycles. The number of hydrogen-bond acceptors (Lipinski definition) is 6. The van der Waals surface area contributed by atoms with E-state index in [2.05, 4.69) is 195 Å². The molecule has 5 aromatic carbocycles. The third-order valence-electron chi connectivity index (χ3n) is 12.2. The van der Waals surface area contributed by atoms with Crippen LogP contribution in [0.2, 0.25) is 78.6 Å². The second-order valence-electron chi connectivity index (χ2n) is 20.6. The lowest BCUT2D eigenvalue weighted by Gasteiger charge is -2.22. The van der Waals surface area contributed by atoms with Crippen LogP contribution in [-0.4, -0.2) is 32.3 Å². The first kappa shape index (κ1) is 38.4. The number of hydrogen-bond donors (Lipinski definition) is 0. The van der Waals surface area contributed by atoms with E-state index in [1.165, 1.54) is 104 Å². The normalized spacial score (nSPS) is 13.9. The molecule has 0 N–H and O–H groups in total. The largest absolute Gasteiger partial charge is 0.145 e. The van der Waals surface area contributed by atoms with Crippen LogP contribution in [0, 0.1) is 0 Å². The van der Waals surface area contributed by atoms with E-state index in [4.69, 9.17) is 0 Å². The monoisotopic (exact) mass is 928 g/mol. The molecule has 0 fully saturated rings. The van der Waals surface area contributed by atoms with Crippen molar-refractivity contribution in [2.24, 2.45) is 0 Å². The molecule has 0 saturated heterocycles. The SMILES string of the molecule is C[Si](C)(C)c1ccc(-c2c3sc([Si](C)(C)C)cc3c3c4ccsc4c4c5cc([Si](C)(C)C)sc5c(-c5ccc([Si](C)(C)C)s5)c5c6cc7ccsc7cc6c2c3c54)s1. The molecule has 6 aromatic heterocycles. The molecular formula is C48H48S6Si4. The fourth-order valence-electron chi connectivity index (χ4n) is 9.16. The molecule has 0 atom stereocenters. The summed E-state index contributed by atoms with van der Waals surface area (Å²) in [6.07, 6.45) is 0. The summed E-state index contributed by atoms with van der Waals surface area (Å²) in [6, 6.07) is 25.3. The quantitative estimate of drug-likeness (QED) is 0.0885. The summed E-state index contributed by atoms with van der Waals surface area (Å²) >= 11 is 12.3. The topological polar surface area (TPSA) is 0 Å². The predicted molar refractivity (Wildman–Crippen MR) is 288 cm³/mol. The van der Waals surface area contributed by atoms with Crippen molar-refractivity contribution in [1.29, 1.82) is 0 Å². The van der Waals surface area contributed by atoms with Crippen LogP contribution in [0.4, 0.5) is 0 Å². The lowest BCUT2D eigenvalue weighted by atomic mass is 9.82. The molecule has 0 aliphatic heterocycles. The van der Waals surface area contributed by atoms with Crippen molar-refractivity contribution in [2.75, 3.05) is 0 Å². The smallest absolute Gasteiger partial charge is 0.0904 e. The first-order valence-electron chi connectivity index (χ1n) is 20.4. The van der Waals surface area contributed by atoms with Gasteiger partial charge in [0.15, 0.2) is 0 Å². The minimum atomic E-state index is -1.65. The van der Waals surface area contributed by atoms with Crippen LogP contribution in [0.15, 0.2) is 71.4 Å². The van der Waals surface area contributed by atoms with Crippen molar-refractivity contribution < 1.29 is 0 Å². The average Bonchev–Trinajstić information content (AvgIpc) is 3.97. The Hall–Kier alpha value is -2.49.